The van der Waals surface area contributed by atoms with Crippen molar-refractivity contribution >= 4 is 16.6 Å². The summed E-state index contributed by atoms with van der Waals surface area (Å²) in [7, 11) is 0. The van der Waals surface area contributed by atoms with E-state index in [1.165, 1.54) is 0 Å². The highest BCUT2D eigenvalue weighted by Gasteiger charge is 2.11. The Morgan fingerprint density at radius 1 is 1.25 bits per heavy atom. The summed E-state index contributed by atoms with van der Waals surface area (Å²) in [5.74, 6) is 0. The third-order valence-electron chi connectivity index (χ3n) is 3.34. The van der Waals surface area contributed by atoms with E-state index in [4.69, 9.17) is 4.74 Å². The third-order valence-corrected chi connectivity index (χ3v) is 3.34. The molecule has 0 bridgehead atoms. The molecular weight excluding hydrogens is 252 g/mol. The van der Waals surface area contributed by atoms with Gasteiger partial charge in [0.05, 0.1) is 24.4 Å². The second-order valence-corrected chi connectivity index (χ2v) is 4.58. The van der Waals surface area contributed by atoms with Gasteiger partial charge in [0.15, 0.2) is 0 Å². The van der Waals surface area contributed by atoms with E-state index in [0.29, 0.717) is 12.3 Å². The quantitative estimate of drug-likeness (QED) is 0.788. The molecule has 4 nitrogen and oxygen atoms in total. The molecule has 1 aromatic heterocycles. The van der Waals surface area contributed by atoms with E-state index in [2.05, 4.69) is 22.9 Å². The molecule has 1 N–H and O–H groups in total. The number of ether oxygens (including phenoxy) is 1. The van der Waals surface area contributed by atoms with Gasteiger partial charge in [0.2, 0.25) is 0 Å². The second kappa shape index (κ2) is 7.22. The standard InChI is InChI=1S/C16H22N2O2/c1-3-18(9-10-20-4-2)16-11-13(12-19)17-15-8-6-5-7-14(15)16/h5-8,11,19H,3-4,9-10,12H2,1-2H3. The minimum absolute atomic E-state index is 0.0408. The lowest BCUT2D eigenvalue weighted by molar-refractivity contribution is 0.154. The highest BCUT2D eigenvalue weighted by atomic mass is 16.5. The summed E-state index contributed by atoms with van der Waals surface area (Å²) in [6.07, 6.45) is 0. The van der Waals surface area contributed by atoms with Gasteiger partial charge in [-0.1, -0.05) is 18.2 Å². The number of para-hydroxylation sites is 1. The van der Waals surface area contributed by atoms with E-state index < -0.39 is 0 Å². The van der Waals surface area contributed by atoms with Gasteiger partial charge < -0.3 is 14.7 Å². The number of pyridine rings is 1. The van der Waals surface area contributed by atoms with Crippen LogP contribution in [0.5, 0.6) is 0 Å². The van der Waals surface area contributed by atoms with Crippen LogP contribution < -0.4 is 4.90 Å². The lowest BCUT2D eigenvalue weighted by Crippen LogP contribution is -2.27. The molecule has 4 heteroatoms. The summed E-state index contributed by atoms with van der Waals surface area (Å²) in [5, 5.41) is 10.5. The van der Waals surface area contributed by atoms with Gasteiger partial charge in [-0.3, -0.25) is 4.98 Å². The van der Waals surface area contributed by atoms with Crippen LogP contribution in [0, 0.1) is 0 Å². The summed E-state index contributed by atoms with van der Waals surface area (Å²) >= 11 is 0. The number of hydrogen-bond donors (Lipinski definition) is 1. The number of aromatic nitrogens is 1. The van der Waals surface area contributed by atoms with Gasteiger partial charge in [0.1, 0.15) is 0 Å². The fourth-order valence-electron chi connectivity index (χ4n) is 2.32. The zero-order valence-electron chi connectivity index (χ0n) is 12.2. The van der Waals surface area contributed by atoms with Crippen molar-refractivity contribution in [2.45, 2.75) is 20.5 Å². The molecule has 0 atom stereocenters. The maximum absolute atomic E-state index is 9.38. The molecule has 0 saturated carbocycles. The van der Waals surface area contributed by atoms with Crippen LogP contribution in [-0.4, -0.2) is 36.4 Å². The first-order valence-corrected chi connectivity index (χ1v) is 7.12. The van der Waals surface area contributed by atoms with Crippen molar-refractivity contribution in [1.82, 2.24) is 4.98 Å². The van der Waals surface area contributed by atoms with Crippen molar-refractivity contribution in [1.29, 1.82) is 0 Å². The number of likely N-dealkylation sites (N-methyl/N-ethyl adjacent to an activating group) is 1. The summed E-state index contributed by atoms with van der Waals surface area (Å²) in [6.45, 7) is 7.25. The largest absolute Gasteiger partial charge is 0.390 e. The van der Waals surface area contributed by atoms with Gasteiger partial charge in [-0.05, 0) is 26.0 Å². The zero-order valence-corrected chi connectivity index (χ0v) is 12.2. The monoisotopic (exact) mass is 274 g/mol. The van der Waals surface area contributed by atoms with Crippen molar-refractivity contribution in [2.24, 2.45) is 0 Å². The Kier molecular flexibility index (Phi) is 5.32. The first-order valence-electron chi connectivity index (χ1n) is 7.12. The van der Waals surface area contributed by atoms with Crippen LogP contribution in [0.2, 0.25) is 0 Å². The van der Waals surface area contributed by atoms with Crippen LogP contribution in [0.1, 0.15) is 19.5 Å². The molecule has 0 radical (unpaired) electrons. The van der Waals surface area contributed by atoms with E-state index >= 15 is 0 Å². The smallest absolute Gasteiger partial charge is 0.0854 e. The van der Waals surface area contributed by atoms with E-state index in [-0.39, 0.29) is 6.61 Å². The highest BCUT2D eigenvalue weighted by molar-refractivity contribution is 5.91. The average Bonchev–Trinajstić information content (AvgIpc) is 2.50. The molecule has 0 unspecified atom stereocenters. The predicted octanol–water partition coefficient (Wildman–Crippen LogP) is 2.59. The highest BCUT2D eigenvalue weighted by Crippen LogP contribution is 2.26. The predicted molar refractivity (Wildman–Crippen MR) is 82.0 cm³/mol. The Bertz CT molecular complexity index is 557. The molecule has 0 aliphatic carbocycles. The fraction of sp³-hybridized carbons (Fsp3) is 0.438. The minimum atomic E-state index is -0.0408. The molecule has 0 aliphatic heterocycles. The first-order chi connectivity index (χ1) is 9.80. The van der Waals surface area contributed by atoms with Gasteiger partial charge >= 0.3 is 0 Å². The molecular formula is C16H22N2O2. The van der Waals surface area contributed by atoms with Crippen molar-refractivity contribution in [3.8, 4) is 0 Å². The normalized spacial score (nSPS) is 10.9. The number of hydrogen-bond acceptors (Lipinski definition) is 4. The van der Waals surface area contributed by atoms with Crippen molar-refractivity contribution in [2.75, 3.05) is 31.2 Å². The summed E-state index contributed by atoms with van der Waals surface area (Å²) in [6, 6.07) is 10.0. The topological polar surface area (TPSA) is 45.6 Å². The number of rotatable bonds is 7. The molecule has 2 aromatic rings. The molecule has 20 heavy (non-hydrogen) atoms. The number of fused-ring (bicyclic) bond motifs is 1. The van der Waals surface area contributed by atoms with Crippen LogP contribution >= 0.6 is 0 Å². The number of nitrogens with zero attached hydrogens (tertiary/aromatic N) is 2. The van der Waals surface area contributed by atoms with Gasteiger partial charge in [-0.25, -0.2) is 0 Å². The molecule has 2 rings (SSSR count). The molecule has 108 valence electrons. The van der Waals surface area contributed by atoms with Gasteiger partial charge in [0.25, 0.3) is 0 Å². The van der Waals surface area contributed by atoms with Gasteiger partial charge in [-0.15, -0.1) is 0 Å². The zero-order chi connectivity index (χ0) is 14.4. The Hall–Kier alpha value is -1.65. The summed E-state index contributed by atoms with van der Waals surface area (Å²) in [5.41, 5.74) is 2.74. The van der Waals surface area contributed by atoms with Crippen molar-refractivity contribution in [3.05, 3.63) is 36.0 Å². The number of anilines is 1. The van der Waals surface area contributed by atoms with Crippen LogP contribution in [-0.2, 0) is 11.3 Å². The maximum atomic E-state index is 9.38. The molecule has 0 fully saturated rings. The third kappa shape index (κ3) is 3.26. The molecule has 0 amide bonds. The van der Waals surface area contributed by atoms with Crippen molar-refractivity contribution < 1.29 is 9.84 Å². The SMILES string of the molecule is CCOCCN(CC)c1cc(CO)nc2ccccc12. The van der Waals surface area contributed by atoms with Gasteiger partial charge in [0, 0.05) is 30.8 Å². The van der Waals surface area contributed by atoms with E-state index in [1.807, 2.05) is 31.2 Å². The summed E-state index contributed by atoms with van der Waals surface area (Å²) in [4.78, 5) is 6.72. The average molecular weight is 274 g/mol. The Balaban J connectivity index is 2.38. The van der Waals surface area contributed by atoms with E-state index in [9.17, 15) is 5.11 Å². The first kappa shape index (κ1) is 14.8. The van der Waals surface area contributed by atoms with Crippen LogP contribution in [0.15, 0.2) is 30.3 Å². The summed E-state index contributed by atoms with van der Waals surface area (Å²) < 4.78 is 5.45. The Labute approximate surface area is 120 Å². The Morgan fingerprint density at radius 2 is 2.05 bits per heavy atom. The fourth-order valence-corrected chi connectivity index (χ4v) is 2.32. The number of aliphatic hydroxyl groups excluding tert-OH is 1. The number of benzene rings is 1. The van der Waals surface area contributed by atoms with Crippen LogP contribution in [0.4, 0.5) is 5.69 Å². The lowest BCUT2D eigenvalue weighted by atomic mass is 10.1. The van der Waals surface area contributed by atoms with E-state index in [1.54, 1.807) is 0 Å². The molecule has 0 saturated heterocycles. The van der Waals surface area contributed by atoms with Crippen LogP contribution in [0.25, 0.3) is 10.9 Å². The molecule has 0 spiro atoms. The van der Waals surface area contributed by atoms with Crippen molar-refractivity contribution in [3.63, 3.8) is 0 Å². The number of aliphatic hydroxyl groups is 1. The van der Waals surface area contributed by atoms with E-state index in [0.717, 1.165) is 36.3 Å². The maximum Gasteiger partial charge on any atom is 0.0854 e. The molecule has 0 aliphatic rings. The van der Waals surface area contributed by atoms with Crippen LogP contribution in [0.3, 0.4) is 0 Å². The molecule has 1 heterocycles. The minimum Gasteiger partial charge on any atom is -0.390 e. The lowest BCUT2D eigenvalue weighted by Gasteiger charge is -2.25. The van der Waals surface area contributed by atoms with Gasteiger partial charge in [-0.2, -0.15) is 0 Å². The Morgan fingerprint density at radius 3 is 2.75 bits per heavy atom. The second-order valence-electron chi connectivity index (χ2n) is 4.58. The molecule has 1 aromatic carbocycles.